The van der Waals surface area contributed by atoms with Crippen LogP contribution in [-0.2, 0) is 6.54 Å². The predicted molar refractivity (Wildman–Crippen MR) is 73.1 cm³/mol. The zero-order valence-electron chi connectivity index (χ0n) is 10.4. The number of aliphatic hydroxyl groups is 1. The van der Waals surface area contributed by atoms with Crippen molar-refractivity contribution in [2.45, 2.75) is 26.0 Å². The molecule has 5 heteroatoms. The van der Waals surface area contributed by atoms with Gasteiger partial charge in [-0.1, -0.05) is 0 Å². The summed E-state index contributed by atoms with van der Waals surface area (Å²) in [5.41, 5.74) is 1.10. The first-order valence-electron chi connectivity index (χ1n) is 6.13. The van der Waals surface area contributed by atoms with Crippen LogP contribution in [0, 0.1) is 0 Å². The van der Waals surface area contributed by atoms with Crippen molar-refractivity contribution >= 4 is 15.9 Å². The van der Waals surface area contributed by atoms with Crippen LogP contribution in [0.3, 0.4) is 0 Å². The van der Waals surface area contributed by atoms with Crippen LogP contribution in [0.5, 0.6) is 11.5 Å². The maximum atomic E-state index is 9.20. The lowest BCUT2D eigenvalue weighted by Gasteiger charge is -2.12. The van der Waals surface area contributed by atoms with E-state index in [-0.39, 0.29) is 6.10 Å². The van der Waals surface area contributed by atoms with E-state index in [4.69, 9.17) is 9.47 Å². The molecule has 0 saturated heterocycles. The van der Waals surface area contributed by atoms with Gasteiger partial charge in [0.05, 0.1) is 23.8 Å². The molecule has 4 nitrogen and oxygen atoms in total. The Bertz CT molecular complexity index is 409. The predicted octanol–water partition coefficient (Wildman–Crippen LogP) is 2.08. The Kier molecular flexibility index (Phi) is 4.86. The third kappa shape index (κ3) is 3.60. The second kappa shape index (κ2) is 6.41. The van der Waals surface area contributed by atoms with E-state index < -0.39 is 0 Å². The van der Waals surface area contributed by atoms with Crippen molar-refractivity contribution in [2.24, 2.45) is 0 Å². The highest BCUT2D eigenvalue weighted by Crippen LogP contribution is 2.38. The highest BCUT2D eigenvalue weighted by atomic mass is 79.9. The summed E-state index contributed by atoms with van der Waals surface area (Å²) in [4.78, 5) is 0. The molecule has 0 spiro atoms. The third-order valence-electron chi connectivity index (χ3n) is 2.63. The topological polar surface area (TPSA) is 50.7 Å². The molecule has 1 atom stereocenters. The van der Waals surface area contributed by atoms with Crippen LogP contribution in [0.4, 0.5) is 0 Å². The quantitative estimate of drug-likeness (QED) is 0.893. The number of hydrogen-bond acceptors (Lipinski definition) is 4. The molecule has 0 unspecified atom stereocenters. The van der Waals surface area contributed by atoms with Gasteiger partial charge in [0, 0.05) is 19.5 Å². The second-order valence-electron chi connectivity index (χ2n) is 4.44. The molecule has 0 bridgehead atoms. The molecule has 0 fully saturated rings. The van der Waals surface area contributed by atoms with Gasteiger partial charge < -0.3 is 19.9 Å². The number of fused-ring (bicyclic) bond motifs is 1. The molecule has 1 aromatic rings. The van der Waals surface area contributed by atoms with E-state index >= 15 is 0 Å². The molecule has 0 aliphatic carbocycles. The smallest absolute Gasteiger partial charge is 0.175 e. The average molecular weight is 316 g/mol. The van der Waals surface area contributed by atoms with E-state index in [1.807, 2.05) is 12.1 Å². The molecule has 1 aromatic carbocycles. The Morgan fingerprint density at radius 2 is 2.17 bits per heavy atom. The zero-order chi connectivity index (χ0) is 13.0. The Labute approximate surface area is 115 Å². The lowest BCUT2D eigenvalue weighted by Crippen LogP contribution is -2.23. The number of ether oxygens (including phenoxy) is 2. The van der Waals surface area contributed by atoms with Crippen molar-refractivity contribution in [1.29, 1.82) is 0 Å². The molecule has 1 heterocycles. The molecule has 0 aromatic heterocycles. The molecule has 0 amide bonds. The highest BCUT2D eigenvalue weighted by molar-refractivity contribution is 9.10. The van der Waals surface area contributed by atoms with Crippen LogP contribution in [0.25, 0.3) is 0 Å². The number of hydrogen-bond donors (Lipinski definition) is 2. The SMILES string of the molecule is C[C@@H](O)CNCc1cc(Br)c2c(c1)OCCCO2. The molecule has 18 heavy (non-hydrogen) atoms. The minimum Gasteiger partial charge on any atom is -0.490 e. The van der Waals surface area contributed by atoms with Gasteiger partial charge >= 0.3 is 0 Å². The molecule has 2 rings (SSSR count). The first-order chi connectivity index (χ1) is 8.66. The standard InChI is InChI=1S/C13H18BrNO3/c1-9(16)7-15-8-10-5-11(14)13-12(6-10)17-3-2-4-18-13/h5-6,9,15-16H,2-4,7-8H2,1H3/t9-/m1/s1. The number of halogens is 1. The van der Waals surface area contributed by atoms with Crippen molar-refractivity contribution in [3.05, 3.63) is 22.2 Å². The van der Waals surface area contributed by atoms with Crippen LogP contribution in [0.2, 0.25) is 0 Å². The summed E-state index contributed by atoms with van der Waals surface area (Å²) < 4.78 is 12.2. The van der Waals surface area contributed by atoms with Gasteiger partial charge in [0.25, 0.3) is 0 Å². The van der Waals surface area contributed by atoms with Gasteiger partial charge in [-0.3, -0.25) is 0 Å². The molecular formula is C13H18BrNO3. The number of aliphatic hydroxyl groups excluding tert-OH is 1. The second-order valence-corrected chi connectivity index (χ2v) is 5.29. The fourth-order valence-electron chi connectivity index (χ4n) is 1.81. The van der Waals surface area contributed by atoms with Crippen molar-refractivity contribution < 1.29 is 14.6 Å². The molecular weight excluding hydrogens is 298 g/mol. The van der Waals surface area contributed by atoms with Crippen LogP contribution in [-0.4, -0.2) is 31.0 Å². The van der Waals surface area contributed by atoms with Gasteiger partial charge in [-0.15, -0.1) is 0 Å². The maximum absolute atomic E-state index is 9.20. The monoisotopic (exact) mass is 315 g/mol. The maximum Gasteiger partial charge on any atom is 0.175 e. The Hall–Kier alpha value is -0.780. The van der Waals surface area contributed by atoms with E-state index in [2.05, 4.69) is 21.2 Å². The molecule has 2 N–H and O–H groups in total. The van der Waals surface area contributed by atoms with Crippen LogP contribution in [0.1, 0.15) is 18.9 Å². The first-order valence-corrected chi connectivity index (χ1v) is 6.93. The van der Waals surface area contributed by atoms with Gasteiger partial charge in [0.2, 0.25) is 0 Å². The summed E-state index contributed by atoms with van der Waals surface area (Å²) in [5.74, 6) is 1.57. The number of benzene rings is 1. The third-order valence-corrected chi connectivity index (χ3v) is 3.22. The molecule has 1 aliphatic rings. The minimum atomic E-state index is -0.339. The Morgan fingerprint density at radius 1 is 1.39 bits per heavy atom. The summed E-state index contributed by atoms with van der Waals surface area (Å²) in [5, 5.41) is 12.4. The lowest BCUT2D eigenvalue weighted by molar-refractivity contribution is 0.191. The van der Waals surface area contributed by atoms with Crippen molar-refractivity contribution in [2.75, 3.05) is 19.8 Å². The molecule has 0 radical (unpaired) electrons. The van der Waals surface area contributed by atoms with E-state index in [0.29, 0.717) is 26.3 Å². The molecule has 100 valence electrons. The van der Waals surface area contributed by atoms with Crippen LogP contribution in [0.15, 0.2) is 16.6 Å². The number of rotatable bonds is 4. The highest BCUT2D eigenvalue weighted by Gasteiger charge is 2.15. The van der Waals surface area contributed by atoms with Gasteiger partial charge in [-0.2, -0.15) is 0 Å². The van der Waals surface area contributed by atoms with Gasteiger partial charge in [0.1, 0.15) is 0 Å². The first kappa shape index (κ1) is 13.6. The van der Waals surface area contributed by atoms with E-state index in [0.717, 1.165) is 28.0 Å². The Morgan fingerprint density at radius 3 is 2.94 bits per heavy atom. The van der Waals surface area contributed by atoms with E-state index in [1.54, 1.807) is 6.92 Å². The largest absolute Gasteiger partial charge is 0.490 e. The van der Waals surface area contributed by atoms with E-state index in [9.17, 15) is 5.11 Å². The summed E-state index contributed by atoms with van der Waals surface area (Å²) in [6.07, 6.45) is 0.561. The number of nitrogens with one attached hydrogen (secondary N) is 1. The fraction of sp³-hybridized carbons (Fsp3) is 0.538. The normalized spacial score (nSPS) is 16.2. The van der Waals surface area contributed by atoms with Crippen molar-refractivity contribution in [1.82, 2.24) is 5.32 Å². The van der Waals surface area contributed by atoms with Gasteiger partial charge in [-0.25, -0.2) is 0 Å². The molecule has 0 saturated carbocycles. The van der Waals surface area contributed by atoms with Crippen LogP contribution >= 0.6 is 15.9 Å². The summed E-state index contributed by atoms with van der Waals surface area (Å²) in [6.45, 7) is 4.40. The fourth-order valence-corrected chi connectivity index (χ4v) is 2.42. The van der Waals surface area contributed by atoms with E-state index in [1.165, 1.54) is 0 Å². The van der Waals surface area contributed by atoms with Crippen LogP contribution < -0.4 is 14.8 Å². The zero-order valence-corrected chi connectivity index (χ0v) is 12.0. The summed E-state index contributed by atoms with van der Waals surface area (Å²) in [7, 11) is 0. The van der Waals surface area contributed by atoms with Crippen molar-refractivity contribution in [3.63, 3.8) is 0 Å². The average Bonchev–Trinajstić information content (AvgIpc) is 2.54. The van der Waals surface area contributed by atoms with Gasteiger partial charge in [0.15, 0.2) is 11.5 Å². The molecule has 1 aliphatic heterocycles. The summed E-state index contributed by atoms with van der Waals surface area (Å²) >= 11 is 3.51. The lowest BCUT2D eigenvalue weighted by atomic mass is 10.2. The summed E-state index contributed by atoms with van der Waals surface area (Å²) in [6, 6.07) is 4.00. The van der Waals surface area contributed by atoms with Gasteiger partial charge in [-0.05, 0) is 40.5 Å². The van der Waals surface area contributed by atoms with Crippen molar-refractivity contribution in [3.8, 4) is 11.5 Å². The minimum absolute atomic E-state index is 0.339. The Balaban J connectivity index is 2.08.